The Morgan fingerprint density at radius 2 is 1.70 bits per heavy atom. The number of aromatic nitrogens is 2. The van der Waals surface area contributed by atoms with Crippen molar-refractivity contribution in [3.63, 3.8) is 0 Å². The molecule has 0 spiro atoms. The number of methoxy groups -OCH3 is 4. The van der Waals surface area contributed by atoms with E-state index >= 15 is 0 Å². The third-order valence-electron chi connectivity index (χ3n) is 5.70. The van der Waals surface area contributed by atoms with Crippen molar-refractivity contribution in [2.45, 2.75) is 13.3 Å². The van der Waals surface area contributed by atoms with E-state index in [4.69, 9.17) is 23.9 Å². The largest absolute Gasteiger partial charge is 0.497 e. The monoisotopic (exact) mass is 446 g/mol. The summed E-state index contributed by atoms with van der Waals surface area (Å²) in [6.45, 7) is 2.05. The van der Waals surface area contributed by atoms with Gasteiger partial charge in [-0.3, -0.25) is 0 Å². The maximum absolute atomic E-state index is 12.2. The summed E-state index contributed by atoms with van der Waals surface area (Å²) < 4.78 is 23.1. The average Bonchev–Trinajstić information content (AvgIpc) is 3.21. The van der Waals surface area contributed by atoms with E-state index in [-0.39, 0.29) is 0 Å². The van der Waals surface area contributed by atoms with Crippen molar-refractivity contribution in [1.82, 2.24) is 9.38 Å². The van der Waals surface area contributed by atoms with Crippen LogP contribution in [0.2, 0.25) is 0 Å². The number of ether oxygens (including phenoxy) is 4. The maximum Gasteiger partial charge on any atom is 0.339 e. The van der Waals surface area contributed by atoms with Crippen LogP contribution < -0.4 is 14.2 Å². The first kappa shape index (κ1) is 22.2. The molecule has 0 aliphatic carbocycles. The Morgan fingerprint density at radius 3 is 2.36 bits per heavy atom. The zero-order chi connectivity index (χ0) is 23.5. The molecule has 2 heterocycles. The standard InChI is InChI=1S/C26H26N2O5/c1-16-12-20(30-2)9-6-17(16)13-21-25(18-7-10-22(31-3)23(14-18)32-4)27-24-11-8-19(15-28(21)24)26(29)33-5/h6-12,14-15H,13H2,1-5H3. The number of carbonyl (C=O) groups excluding carboxylic acids is 1. The smallest absolute Gasteiger partial charge is 0.339 e. The van der Waals surface area contributed by atoms with Crippen LogP contribution in [0.25, 0.3) is 16.9 Å². The fraction of sp³-hybridized carbons (Fsp3) is 0.231. The minimum Gasteiger partial charge on any atom is -0.497 e. The molecule has 4 rings (SSSR count). The van der Waals surface area contributed by atoms with Gasteiger partial charge in [-0.15, -0.1) is 0 Å². The van der Waals surface area contributed by atoms with Gasteiger partial charge in [0.15, 0.2) is 11.5 Å². The highest BCUT2D eigenvalue weighted by Crippen LogP contribution is 2.35. The molecule has 0 atom stereocenters. The molecule has 2 aromatic heterocycles. The summed E-state index contributed by atoms with van der Waals surface area (Å²) in [5.74, 6) is 1.67. The quantitative estimate of drug-likeness (QED) is 0.383. The zero-order valence-corrected chi connectivity index (χ0v) is 19.3. The number of esters is 1. The number of imidazole rings is 1. The number of benzene rings is 2. The van der Waals surface area contributed by atoms with Crippen LogP contribution in [0.15, 0.2) is 54.7 Å². The van der Waals surface area contributed by atoms with E-state index in [0.717, 1.165) is 39.5 Å². The van der Waals surface area contributed by atoms with Gasteiger partial charge < -0.3 is 23.3 Å². The molecule has 0 saturated heterocycles. The molecule has 0 saturated carbocycles. The van der Waals surface area contributed by atoms with Gasteiger partial charge in [0.1, 0.15) is 11.4 Å². The second-order valence-electron chi connectivity index (χ2n) is 7.58. The highest BCUT2D eigenvalue weighted by molar-refractivity contribution is 5.89. The van der Waals surface area contributed by atoms with E-state index in [0.29, 0.717) is 23.5 Å². The predicted octanol–water partition coefficient (Wildman–Crippen LogP) is 4.71. The van der Waals surface area contributed by atoms with Crippen LogP contribution in [0.1, 0.15) is 27.2 Å². The van der Waals surface area contributed by atoms with Crippen molar-refractivity contribution in [3.8, 4) is 28.5 Å². The number of nitrogens with zero attached hydrogens (tertiary/aromatic N) is 2. The first-order chi connectivity index (χ1) is 16.0. The van der Waals surface area contributed by atoms with E-state index in [2.05, 4.69) is 13.0 Å². The molecule has 0 radical (unpaired) electrons. The van der Waals surface area contributed by atoms with Gasteiger partial charge in [0.2, 0.25) is 0 Å². The van der Waals surface area contributed by atoms with Gasteiger partial charge in [0, 0.05) is 18.2 Å². The third kappa shape index (κ3) is 4.22. The molecule has 2 aromatic carbocycles. The summed E-state index contributed by atoms with van der Waals surface area (Å²) in [5.41, 5.74) is 6.04. The highest BCUT2D eigenvalue weighted by Gasteiger charge is 2.19. The fourth-order valence-electron chi connectivity index (χ4n) is 3.89. The molecule has 0 aliphatic rings. The van der Waals surface area contributed by atoms with Gasteiger partial charge in [0.25, 0.3) is 0 Å². The second-order valence-corrected chi connectivity index (χ2v) is 7.58. The lowest BCUT2D eigenvalue weighted by Gasteiger charge is -2.12. The third-order valence-corrected chi connectivity index (χ3v) is 5.70. The highest BCUT2D eigenvalue weighted by atomic mass is 16.5. The molecule has 0 amide bonds. The Morgan fingerprint density at radius 1 is 0.909 bits per heavy atom. The Labute approximate surface area is 192 Å². The Hall–Kier alpha value is -4.00. The predicted molar refractivity (Wildman–Crippen MR) is 126 cm³/mol. The van der Waals surface area contributed by atoms with Gasteiger partial charge in [-0.25, -0.2) is 9.78 Å². The summed E-state index contributed by atoms with van der Waals surface area (Å²) in [6, 6.07) is 15.3. The number of rotatable bonds is 7. The molecule has 0 aliphatic heterocycles. The number of hydrogen-bond donors (Lipinski definition) is 0. The summed E-state index contributed by atoms with van der Waals surface area (Å²) in [7, 11) is 6.24. The number of aryl methyl sites for hydroxylation is 1. The lowest BCUT2D eigenvalue weighted by Crippen LogP contribution is -2.05. The van der Waals surface area contributed by atoms with Crippen molar-refractivity contribution < 1.29 is 23.7 Å². The molecule has 4 aromatic rings. The van der Waals surface area contributed by atoms with Crippen molar-refractivity contribution in [2.75, 3.05) is 28.4 Å². The van der Waals surface area contributed by atoms with Gasteiger partial charge in [-0.2, -0.15) is 0 Å². The maximum atomic E-state index is 12.2. The molecule has 33 heavy (non-hydrogen) atoms. The van der Waals surface area contributed by atoms with Crippen LogP contribution in [0, 0.1) is 6.92 Å². The zero-order valence-electron chi connectivity index (χ0n) is 19.3. The van der Waals surface area contributed by atoms with E-state index in [9.17, 15) is 4.79 Å². The van der Waals surface area contributed by atoms with Crippen molar-refractivity contribution >= 4 is 11.6 Å². The fourth-order valence-corrected chi connectivity index (χ4v) is 3.89. The second kappa shape index (κ2) is 9.24. The van der Waals surface area contributed by atoms with E-state index in [1.54, 1.807) is 33.6 Å². The molecular weight excluding hydrogens is 420 g/mol. The van der Waals surface area contributed by atoms with Gasteiger partial charge in [-0.1, -0.05) is 6.07 Å². The van der Waals surface area contributed by atoms with Crippen molar-refractivity contribution in [1.29, 1.82) is 0 Å². The minimum absolute atomic E-state index is 0.398. The summed E-state index contributed by atoms with van der Waals surface area (Å²) >= 11 is 0. The van der Waals surface area contributed by atoms with E-state index < -0.39 is 5.97 Å². The van der Waals surface area contributed by atoms with Gasteiger partial charge in [-0.05, 0) is 60.5 Å². The molecule has 0 N–H and O–H groups in total. The first-order valence-electron chi connectivity index (χ1n) is 10.4. The van der Waals surface area contributed by atoms with Crippen LogP contribution in [0.3, 0.4) is 0 Å². The number of fused-ring (bicyclic) bond motifs is 1. The summed E-state index contributed by atoms with van der Waals surface area (Å²) in [5, 5.41) is 0. The first-order valence-corrected chi connectivity index (χ1v) is 10.4. The molecule has 7 heteroatoms. The summed E-state index contributed by atoms with van der Waals surface area (Å²) in [6.07, 6.45) is 2.37. The number of pyridine rings is 1. The average molecular weight is 447 g/mol. The van der Waals surface area contributed by atoms with E-state index in [1.807, 2.05) is 40.8 Å². The Bertz CT molecular complexity index is 1330. The van der Waals surface area contributed by atoms with Crippen LogP contribution in [0.4, 0.5) is 0 Å². The molecule has 170 valence electrons. The van der Waals surface area contributed by atoms with Crippen LogP contribution in [0.5, 0.6) is 17.2 Å². The molecule has 7 nitrogen and oxygen atoms in total. The number of hydrogen-bond acceptors (Lipinski definition) is 6. The van der Waals surface area contributed by atoms with Crippen molar-refractivity contribution in [3.05, 3.63) is 77.1 Å². The topological polar surface area (TPSA) is 71.3 Å². The molecular formula is C26H26N2O5. The van der Waals surface area contributed by atoms with E-state index in [1.165, 1.54) is 7.11 Å². The van der Waals surface area contributed by atoms with Gasteiger partial charge >= 0.3 is 5.97 Å². The van der Waals surface area contributed by atoms with Gasteiger partial charge in [0.05, 0.1) is 45.4 Å². The molecule has 0 unspecified atom stereocenters. The lowest BCUT2D eigenvalue weighted by molar-refractivity contribution is 0.0600. The lowest BCUT2D eigenvalue weighted by atomic mass is 10.00. The molecule has 0 fully saturated rings. The number of carbonyl (C=O) groups is 1. The minimum atomic E-state index is -0.398. The van der Waals surface area contributed by atoms with Crippen LogP contribution in [-0.2, 0) is 11.2 Å². The SMILES string of the molecule is COC(=O)c1ccc2nc(-c3ccc(OC)c(OC)c3)c(Cc3ccc(OC)cc3C)n2c1. The molecule has 0 bridgehead atoms. The summed E-state index contributed by atoms with van der Waals surface area (Å²) in [4.78, 5) is 17.1. The van der Waals surface area contributed by atoms with Crippen LogP contribution in [-0.4, -0.2) is 43.8 Å². The normalized spacial score (nSPS) is 10.8. The Kier molecular flexibility index (Phi) is 6.22. The van der Waals surface area contributed by atoms with Crippen LogP contribution >= 0.6 is 0 Å². The van der Waals surface area contributed by atoms with Crippen molar-refractivity contribution in [2.24, 2.45) is 0 Å². The Balaban J connectivity index is 1.91.